The van der Waals surface area contributed by atoms with Gasteiger partial charge in [-0.3, -0.25) is 9.52 Å². The third-order valence-electron chi connectivity index (χ3n) is 9.82. The molecule has 1 spiro atoms. The molecule has 2 aliphatic carbocycles. The second-order valence-electron chi connectivity index (χ2n) is 12.4. The number of benzene rings is 2. The van der Waals surface area contributed by atoms with Crippen molar-refractivity contribution in [2.75, 3.05) is 24.6 Å². The Morgan fingerprint density at radius 3 is 2.83 bits per heavy atom. The van der Waals surface area contributed by atoms with Crippen molar-refractivity contribution in [1.82, 2.24) is 4.72 Å². The van der Waals surface area contributed by atoms with Crippen molar-refractivity contribution in [2.24, 2.45) is 17.8 Å². The fourth-order valence-electron chi connectivity index (χ4n) is 7.02. The van der Waals surface area contributed by atoms with E-state index in [1.807, 2.05) is 25.1 Å². The van der Waals surface area contributed by atoms with Crippen LogP contribution in [0, 0.1) is 17.8 Å². The van der Waals surface area contributed by atoms with Crippen LogP contribution in [0.4, 0.5) is 5.69 Å². The van der Waals surface area contributed by atoms with E-state index >= 15 is 0 Å². The molecule has 6 atom stereocenters. The molecular formula is C33H39ClN2O3S. The maximum atomic E-state index is 13.3. The van der Waals surface area contributed by atoms with E-state index in [2.05, 4.69) is 47.4 Å². The van der Waals surface area contributed by atoms with E-state index in [1.54, 1.807) is 6.07 Å². The number of hydrogen-bond acceptors (Lipinski definition) is 4. The van der Waals surface area contributed by atoms with Gasteiger partial charge in [-0.15, -0.1) is 0 Å². The Morgan fingerprint density at radius 2 is 2.02 bits per heavy atom. The summed E-state index contributed by atoms with van der Waals surface area (Å²) in [6, 6.07) is 12.0. The first kappa shape index (κ1) is 27.6. The fraction of sp³-hybridized carbons (Fsp3) is 0.485. The topological polar surface area (TPSA) is 58.6 Å². The third-order valence-corrected chi connectivity index (χ3v) is 11.6. The first-order valence-corrected chi connectivity index (χ1v) is 16.2. The number of amides is 1. The number of ether oxygens (including phenoxy) is 1. The van der Waals surface area contributed by atoms with Crippen LogP contribution >= 0.6 is 11.6 Å². The van der Waals surface area contributed by atoms with Crippen molar-refractivity contribution in [2.45, 2.75) is 63.0 Å². The lowest BCUT2D eigenvalue weighted by molar-refractivity contribution is 0.0982. The summed E-state index contributed by atoms with van der Waals surface area (Å²) < 4.78 is 22.4. The predicted molar refractivity (Wildman–Crippen MR) is 164 cm³/mol. The van der Waals surface area contributed by atoms with Crippen LogP contribution in [0.5, 0.6) is 5.75 Å². The molecule has 0 aromatic heterocycles. The first-order chi connectivity index (χ1) is 19.2. The SMILES string of the molecule is C=C1/C=C/CC(C)C(C)S(=O)NC(=O)c2ccc3c(c2)N(CC2CCC12)CC1(CCCc2cc(Cl)ccc21)CO3. The molecule has 2 bridgehead atoms. The Kier molecular flexibility index (Phi) is 7.60. The minimum Gasteiger partial charge on any atom is -0.490 e. The lowest BCUT2D eigenvalue weighted by Crippen LogP contribution is -2.48. The largest absolute Gasteiger partial charge is 0.490 e. The molecule has 2 aliphatic heterocycles. The second kappa shape index (κ2) is 11.0. The molecule has 2 aromatic rings. The van der Waals surface area contributed by atoms with E-state index in [9.17, 15) is 9.00 Å². The summed E-state index contributed by atoms with van der Waals surface area (Å²) in [6.45, 7) is 10.8. The van der Waals surface area contributed by atoms with Gasteiger partial charge in [0.15, 0.2) is 0 Å². The summed E-state index contributed by atoms with van der Waals surface area (Å²) in [5.41, 5.74) is 5.12. The Hall–Kier alpha value is -2.57. The zero-order valence-corrected chi connectivity index (χ0v) is 25.0. The molecule has 0 saturated heterocycles. The van der Waals surface area contributed by atoms with Gasteiger partial charge in [0.05, 0.1) is 17.5 Å². The van der Waals surface area contributed by atoms with Gasteiger partial charge in [-0.2, -0.15) is 0 Å². The van der Waals surface area contributed by atoms with Crippen LogP contribution in [0.3, 0.4) is 0 Å². The molecule has 0 radical (unpaired) electrons. The van der Waals surface area contributed by atoms with Crippen molar-refractivity contribution in [3.05, 3.63) is 82.4 Å². The lowest BCUT2D eigenvalue weighted by atomic mass is 9.68. The van der Waals surface area contributed by atoms with E-state index in [-0.39, 0.29) is 22.5 Å². The first-order valence-electron chi connectivity index (χ1n) is 14.6. The van der Waals surface area contributed by atoms with Gasteiger partial charge in [-0.25, -0.2) is 4.21 Å². The minimum absolute atomic E-state index is 0.163. The standard InChI is InChI=1S/C33H39ClN2O3S/c1-21-6-4-7-22(2)28-12-9-26(28)18-36-19-33(15-5-8-24-16-27(34)11-13-29(24)33)20-39-31-14-10-25(17-30(31)36)32(37)35-40(38)23(21)3/h4,7,10-11,13-14,16-17,21,23,26,28H,2,5-6,8-9,12,15,18-20H2,1,3H3,(H,35,37)/b7-4+. The number of carbonyl (C=O) groups is 1. The van der Waals surface area contributed by atoms with Gasteiger partial charge in [0.1, 0.15) is 16.7 Å². The normalized spacial score (nSPS) is 33.1. The number of hydrogen-bond donors (Lipinski definition) is 1. The number of anilines is 1. The molecule has 40 heavy (non-hydrogen) atoms. The summed E-state index contributed by atoms with van der Waals surface area (Å²) in [7, 11) is -1.49. The molecule has 2 aromatic carbocycles. The number of fused-ring (bicyclic) bond motifs is 4. The van der Waals surface area contributed by atoms with Crippen molar-refractivity contribution in [3.63, 3.8) is 0 Å². The number of nitrogens with one attached hydrogen (secondary N) is 1. The number of carbonyl (C=O) groups excluding carboxylic acids is 1. The predicted octanol–water partition coefficient (Wildman–Crippen LogP) is 6.77. The molecule has 212 valence electrons. The van der Waals surface area contributed by atoms with Gasteiger partial charge in [-0.1, -0.05) is 48.9 Å². The molecule has 1 N–H and O–H groups in total. The zero-order valence-electron chi connectivity index (χ0n) is 23.5. The second-order valence-corrected chi connectivity index (χ2v) is 14.3. The van der Waals surface area contributed by atoms with Gasteiger partial charge in [0, 0.05) is 29.1 Å². The number of rotatable bonds is 0. The summed E-state index contributed by atoms with van der Waals surface area (Å²) in [5.74, 6) is 1.58. The highest BCUT2D eigenvalue weighted by Crippen LogP contribution is 2.47. The molecule has 1 fully saturated rings. The van der Waals surface area contributed by atoms with E-state index in [0.717, 1.165) is 68.1 Å². The highest BCUT2D eigenvalue weighted by Gasteiger charge is 2.43. The van der Waals surface area contributed by atoms with Crippen molar-refractivity contribution >= 4 is 34.2 Å². The van der Waals surface area contributed by atoms with Gasteiger partial charge in [0.25, 0.3) is 5.91 Å². The van der Waals surface area contributed by atoms with Crippen molar-refractivity contribution in [1.29, 1.82) is 0 Å². The third kappa shape index (κ3) is 5.14. The van der Waals surface area contributed by atoms with Crippen LogP contribution in [0.1, 0.15) is 67.4 Å². The summed E-state index contributed by atoms with van der Waals surface area (Å²) >= 11 is 6.40. The number of nitrogens with zero attached hydrogens (tertiary/aromatic N) is 1. The quantitative estimate of drug-likeness (QED) is 0.375. The molecule has 6 rings (SSSR count). The molecule has 6 unspecified atom stereocenters. The number of halogens is 1. The van der Waals surface area contributed by atoms with E-state index < -0.39 is 11.0 Å². The fourth-order valence-corrected chi connectivity index (χ4v) is 8.23. The van der Waals surface area contributed by atoms with E-state index in [0.29, 0.717) is 24.0 Å². The summed E-state index contributed by atoms with van der Waals surface area (Å²) in [4.78, 5) is 15.8. The maximum absolute atomic E-state index is 13.3. The average molecular weight is 579 g/mol. The number of allylic oxidation sites excluding steroid dienone is 3. The van der Waals surface area contributed by atoms with Crippen LogP contribution < -0.4 is 14.4 Å². The molecular weight excluding hydrogens is 540 g/mol. The molecule has 2 heterocycles. The Morgan fingerprint density at radius 1 is 1.18 bits per heavy atom. The monoisotopic (exact) mass is 578 g/mol. The summed E-state index contributed by atoms with van der Waals surface area (Å²) in [6.07, 6.45) is 10.6. The Labute approximate surface area is 245 Å². The Bertz CT molecular complexity index is 1390. The maximum Gasteiger partial charge on any atom is 0.263 e. The minimum atomic E-state index is -1.49. The zero-order chi connectivity index (χ0) is 28.0. The summed E-state index contributed by atoms with van der Waals surface area (Å²) in [5, 5.41) is 0.603. The highest BCUT2D eigenvalue weighted by atomic mass is 35.5. The molecule has 1 saturated carbocycles. The molecule has 1 amide bonds. The lowest BCUT2D eigenvalue weighted by Gasteiger charge is -2.45. The molecule has 5 nitrogen and oxygen atoms in total. The van der Waals surface area contributed by atoms with Crippen LogP contribution in [-0.4, -0.2) is 35.1 Å². The van der Waals surface area contributed by atoms with Crippen LogP contribution in [0.15, 0.2) is 60.7 Å². The smallest absolute Gasteiger partial charge is 0.263 e. The van der Waals surface area contributed by atoms with Gasteiger partial charge in [-0.05, 0) is 105 Å². The van der Waals surface area contributed by atoms with Crippen LogP contribution in [0.25, 0.3) is 0 Å². The van der Waals surface area contributed by atoms with Gasteiger partial charge < -0.3 is 9.64 Å². The van der Waals surface area contributed by atoms with Gasteiger partial charge >= 0.3 is 0 Å². The van der Waals surface area contributed by atoms with Crippen molar-refractivity contribution in [3.8, 4) is 5.75 Å². The highest BCUT2D eigenvalue weighted by molar-refractivity contribution is 7.84. The number of aryl methyl sites for hydroxylation is 1. The van der Waals surface area contributed by atoms with Gasteiger partial charge in [0.2, 0.25) is 0 Å². The van der Waals surface area contributed by atoms with Crippen LogP contribution in [0.2, 0.25) is 5.02 Å². The molecule has 7 heteroatoms. The Balaban J connectivity index is 1.41. The average Bonchev–Trinajstić information content (AvgIpc) is 3.07. The van der Waals surface area contributed by atoms with E-state index in [1.165, 1.54) is 16.7 Å². The van der Waals surface area contributed by atoms with E-state index in [4.69, 9.17) is 16.3 Å². The van der Waals surface area contributed by atoms with Crippen molar-refractivity contribution < 1.29 is 13.7 Å². The van der Waals surface area contributed by atoms with Crippen LogP contribution in [-0.2, 0) is 22.8 Å². The molecule has 4 aliphatic rings.